The van der Waals surface area contributed by atoms with Crippen LogP contribution < -0.4 is 9.47 Å². The summed E-state index contributed by atoms with van der Waals surface area (Å²) in [5, 5.41) is 2.52. The molecule has 0 aliphatic carbocycles. The molecule has 1 unspecified atom stereocenters. The van der Waals surface area contributed by atoms with Crippen LogP contribution in [0.5, 0.6) is 11.5 Å². The Bertz CT molecular complexity index is 652. The average Bonchev–Trinajstić information content (AvgIpc) is 2.57. The highest BCUT2D eigenvalue weighted by Gasteiger charge is 2.12. The lowest BCUT2D eigenvalue weighted by atomic mass is 10.0. The van der Waals surface area contributed by atoms with Crippen molar-refractivity contribution in [1.82, 2.24) is 0 Å². The van der Waals surface area contributed by atoms with Crippen LogP contribution in [0.1, 0.15) is 52.0 Å². The molecule has 0 bridgehead atoms. The summed E-state index contributed by atoms with van der Waals surface area (Å²) in [6.07, 6.45) is 4.38. The van der Waals surface area contributed by atoms with E-state index >= 15 is 0 Å². The zero-order valence-electron chi connectivity index (χ0n) is 15.3. The second-order valence-corrected chi connectivity index (χ2v) is 7.20. The normalized spacial score (nSPS) is 12.6. The maximum atomic E-state index is 6.16. The highest BCUT2D eigenvalue weighted by atomic mass is 35.5. The number of hydrogen-bond acceptors (Lipinski definition) is 2. The summed E-state index contributed by atoms with van der Waals surface area (Å²) < 4.78 is 12.1. The quantitative estimate of drug-likeness (QED) is 0.380. The number of aryl methyl sites for hydroxylation is 1. The Morgan fingerprint density at radius 3 is 2.46 bits per heavy atom. The first kappa shape index (κ1) is 18.9. The van der Waals surface area contributed by atoms with Gasteiger partial charge in [-0.2, -0.15) is 0 Å². The van der Waals surface area contributed by atoms with E-state index < -0.39 is 0 Å². The number of unbranched alkanes of at least 4 members (excludes halogenated alkanes) is 1. The van der Waals surface area contributed by atoms with Gasteiger partial charge >= 0.3 is 0 Å². The average molecular weight is 349 g/mol. The summed E-state index contributed by atoms with van der Waals surface area (Å²) in [7, 11) is 0. The van der Waals surface area contributed by atoms with E-state index in [1.54, 1.807) is 0 Å². The van der Waals surface area contributed by atoms with Crippen LogP contribution in [0.15, 0.2) is 30.3 Å². The van der Waals surface area contributed by atoms with E-state index in [1.165, 1.54) is 0 Å². The second kappa shape index (κ2) is 9.17. The Kier molecular flexibility index (Phi) is 7.23. The number of rotatable bonds is 9. The third-order valence-electron chi connectivity index (χ3n) is 4.11. The van der Waals surface area contributed by atoms with Gasteiger partial charge in [0.15, 0.2) is 0 Å². The molecule has 0 amide bonds. The van der Waals surface area contributed by atoms with Crippen molar-refractivity contribution in [2.75, 3.05) is 6.61 Å². The lowest BCUT2D eigenvalue weighted by Crippen LogP contribution is -2.08. The van der Waals surface area contributed by atoms with Crippen molar-refractivity contribution in [2.45, 2.75) is 64.9 Å². The van der Waals surface area contributed by atoms with Gasteiger partial charge in [-0.05, 0) is 58.1 Å². The summed E-state index contributed by atoms with van der Waals surface area (Å²) in [4.78, 5) is 0. The van der Waals surface area contributed by atoms with Crippen molar-refractivity contribution in [2.24, 2.45) is 0 Å². The smallest absolute Gasteiger partial charge is 0.130 e. The van der Waals surface area contributed by atoms with Crippen molar-refractivity contribution in [3.05, 3.63) is 35.9 Å². The zero-order chi connectivity index (χ0) is 17.5. The van der Waals surface area contributed by atoms with Crippen LogP contribution >= 0.6 is 11.6 Å². The Balaban J connectivity index is 2.11. The molecule has 2 aromatic rings. The van der Waals surface area contributed by atoms with Crippen LogP contribution in [-0.2, 0) is 0 Å². The van der Waals surface area contributed by atoms with Crippen molar-refractivity contribution >= 4 is 22.4 Å². The number of halogens is 1. The molecule has 0 aliphatic heterocycles. The molecule has 1 atom stereocenters. The summed E-state index contributed by atoms with van der Waals surface area (Å²) in [5.74, 6) is 1.90. The van der Waals surface area contributed by atoms with Crippen molar-refractivity contribution in [3.63, 3.8) is 0 Å². The Labute approximate surface area is 151 Å². The fraction of sp³-hybridized carbons (Fsp3) is 0.524. The van der Waals surface area contributed by atoms with Gasteiger partial charge in [-0.3, -0.25) is 0 Å². The van der Waals surface area contributed by atoms with Gasteiger partial charge in [0.2, 0.25) is 0 Å². The van der Waals surface area contributed by atoms with Gasteiger partial charge in [-0.25, -0.2) is 0 Å². The van der Waals surface area contributed by atoms with Gasteiger partial charge < -0.3 is 9.47 Å². The molecule has 0 aliphatic rings. The second-order valence-electron chi connectivity index (χ2n) is 6.58. The Morgan fingerprint density at radius 2 is 1.79 bits per heavy atom. The van der Waals surface area contributed by atoms with E-state index in [0.29, 0.717) is 5.38 Å². The Hall–Kier alpha value is -1.41. The molecule has 0 fully saturated rings. The molecule has 2 nitrogen and oxygen atoms in total. The lowest BCUT2D eigenvalue weighted by molar-refractivity contribution is 0.243. The summed E-state index contributed by atoms with van der Waals surface area (Å²) >= 11 is 6.16. The third kappa shape index (κ3) is 5.04. The summed E-state index contributed by atoms with van der Waals surface area (Å²) in [6.45, 7) is 9.04. The first-order valence-corrected chi connectivity index (χ1v) is 9.42. The summed E-state index contributed by atoms with van der Waals surface area (Å²) in [5.41, 5.74) is 1.12. The Morgan fingerprint density at radius 1 is 1.08 bits per heavy atom. The largest absolute Gasteiger partial charge is 0.493 e. The number of fused-ring (bicyclic) bond motifs is 1. The molecule has 2 aromatic carbocycles. The molecule has 3 heteroatoms. The van der Waals surface area contributed by atoms with E-state index in [-0.39, 0.29) is 6.10 Å². The first-order valence-electron chi connectivity index (χ1n) is 8.98. The number of hydrogen-bond donors (Lipinski definition) is 0. The minimum atomic E-state index is 0.154. The monoisotopic (exact) mass is 348 g/mol. The molecule has 2 rings (SSSR count). The standard InChI is InChI=1S/C21H29ClO2/c1-5-17(22)10-8-9-13-23-20-14-16(4)21(24-15(2)3)19-12-7-6-11-18(19)20/h6-7,11-12,14-15,17H,5,8-10,13H2,1-4H3. The van der Waals surface area contributed by atoms with Crippen LogP contribution in [0.4, 0.5) is 0 Å². The number of alkyl halides is 1. The molecular weight excluding hydrogens is 320 g/mol. The third-order valence-corrected chi connectivity index (χ3v) is 4.64. The number of ether oxygens (including phenoxy) is 2. The predicted octanol–water partition coefficient (Wildman–Crippen LogP) is 6.50. The maximum Gasteiger partial charge on any atom is 0.130 e. The van der Waals surface area contributed by atoms with Crippen molar-refractivity contribution in [1.29, 1.82) is 0 Å². The lowest BCUT2D eigenvalue weighted by Gasteiger charge is -2.18. The van der Waals surface area contributed by atoms with Gasteiger partial charge in [-0.15, -0.1) is 11.6 Å². The van der Waals surface area contributed by atoms with Crippen LogP contribution in [-0.4, -0.2) is 18.1 Å². The SMILES string of the molecule is CCC(Cl)CCCCOc1cc(C)c(OC(C)C)c2ccccc12. The van der Waals surface area contributed by atoms with Gasteiger partial charge in [0, 0.05) is 16.1 Å². The highest BCUT2D eigenvalue weighted by Crippen LogP contribution is 2.37. The van der Waals surface area contributed by atoms with E-state index in [4.69, 9.17) is 21.1 Å². The van der Waals surface area contributed by atoms with Crippen LogP contribution in [0.25, 0.3) is 10.8 Å². The number of benzene rings is 2. The zero-order valence-corrected chi connectivity index (χ0v) is 16.0. The van der Waals surface area contributed by atoms with Gasteiger partial charge in [0.25, 0.3) is 0 Å². The molecule has 0 saturated heterocycles. The van der Waals surface area contributed by atoms with Crippen LogP contribution in [0.3, 0.4) is 0 Å². The molecular formula is C21H29ClO2. The molecule has 0 radical (unpaired) electrons. The minimum Gasteiger partial charge on any atom is -0.493 e. The van der Waals surface area contributed by atoms with E-state index in [2.05, 4.69) is 45.9 Å². The molecule has 132 valence electrons. The van der Waals surface area contributed by atoms with Gasteiger partial charge in [0.1, 0.15) is 11.5 Å². The van der Waals surface area contributed by atoms with E-state index in [0.717, 1.165) is 60.1 Å². The first-order chi connectivity index (χ1) is 11.5. The topological polar surface area (TPSA) is 18.5 Å². The van der Waals surface area contributed by atoms with E-state index in [1.807, 2.05) is 12.1 Å². The van der Waals surface area contributed by atoms with Crippen LogP contribution in [0.2, 0.25) is 0 Å². The predicted molar refractivity (Wildman–Crippen MR) is 104 cm³/mol. The van der Waals surface area contributed by atoms with Gasteiger partial charge in [-0.1, -0.05) is 31.2 Å². The fourth-order valence-corrected chi connectivity index (χ4v) is 2.97. The fourth-order valence-electron chi connectivity index (χ4n) is 2.81. The van der Waals surface area contributed by atoms with E-state index in [9.17, 15) is 0 Å². The van der Waals surface area contributed by atoms with Crippen molar-refractivity contribution in [3.8, 4) is 11.5 Å². The summed E-state index contributed by atoms with van der Waals surface area (Å²) in [6, 6.07) is 10.4. The molecule has 24 heavy (non-hydrogen) atoms. The molecule has 0 aromatic heterocycles. The van der Waals surface area contributed by atoms with Crippen molar-refractivity contribution < 1.29 is 9.47 Å². The maximum absolute atomic E-state index is 6.16. The highest BCUT2D eigenvalue weighted by molar-refractivity contribution is 6.20. The van der Waals surface area contributed by atoms with Crippen LogP contribution in [0, 0.1) is 6.92 Å². The molecule has 0 spiro atoms. The molecule has 0 heterocycles. The minimum absolute atomic E-state index is 0.154. The molecule has 0 N–H and O–H groups in total. The van der Waals surface area contributed by atoms with Gasteiger partial charge in [0.05, 0.1) is 12.7 Å². The molecule has 0 saturated carbocycles.